The standard InChI is InChI=1S/C11H8O4/c12-8-6-11(10(14-8)15-11)9(13)7-4-2-1-3-5-7/h1-5,10H,6H2. The molecule has 1 aromatic carbocycles. The minimum Gasteiger partial charge on any atom is -0.432 e. The van der Waals surface area contributed by atoms with Crippen molar-refractivity contribution in [2.45, 2.75) is 18.3 Å². The molecule has 2 fully saturated rings. The summed E-state index contributed by atoms with van der Waals surface area (Å²) in [6.45, 7) is 0. The van der Waals surface area contributed by atoms with Crippen LogP contribution in [-0.4, -0.2) is 23.6 Å². The Balaban J connectivity index is 1.91. The molecule has 3 rings (SSSR count). The number of fused-ring (bicyclic) bond motifs is 1. The van der Waals surface area contributed by atoms with Gasteiger partial charge in [-0.25, -0.2) is 0 Å². The van der Waals surface area contributed by atoms with E-state index in [2.05, 4.69) is 0 Å². The van der Waals surface area contributed by atoms with Gasteiger partial charge in [0.1, 0.15) is 0 Å². The third-order valence-electron chi connectivity index (χ3n) is 2.71. The van der Waals surface area contributed by atoms with E-state index in [1.165, 1.54) is 0 Å². The Morgan fingerprint density at radius 3 is 2.67 bits per heavy atom. The van der Waals surface area contributed by atoms with Gasteiger partial charge in [0.05, 0.1) is 6.42 Å². The first-order valence-electron chi connectivity index (χ1n) is 4.69. The molecule has 1 aromatic rings. The van der Waals surface area contributed by atoms with Crippen molar-refractivity contribution in [1.82, 2.24) is 0 Å². The molecule has 0 spiro atoms. The van der Waals surface area contributed by atoms with Crippen LogP contribution in [0.15, 0.2) is 30.3 Å². The van der Waals surface area contributed by atoms with E-state index in [-0.39, 0.29) is 18.2 Å². The van der Waals surface area contributed by atoms with Gasteiger partial charge in [0.15, 0.2) is 0 Å². The molecule has 2 saturated heterocycles. The molecule has 0 N–H and O–H groups in total. The first-order valence-corrected chi connectivity index (χ1v) is 4.69. The van der Waals surface area contributed by atoms with Gasteiger partial charge in [-0.15, -0.1) is 0 Å². The summed E-state index contributed by atoms with van der Waals surface area (Å²) in [6, 6.07) is 8.80. The Labute approximate surface area is 85.8 Å². The summed E-state index contributed by atoms with van der Waals surface area (Å²) in [5.74, 6) is -0.533. The summed E-state index contributed by atoms with van der Waals surface area (Å²) in [7, 11) is 0. The second kappa shape index (κ2) is 2.67. The van der Waals surface area contributed by atoms with Gasteiger partial charge in [0.25, 0.3) is 0 Å². The molecule has 15 heavy (non-hydrogen) atoms. The topological polar surface area (TPSA) is 55.9 Å². The molecule has 4 heteroatoms. The van der Waals surface area contributed by atoms with Crippen LogP contribution in [0.1, 0.15) is 16.8 Å². The number of ketones is 1. The van der Waals surface area contributed by atoms with Gasteiger partial charge in [-0.3, -0.25) is 9.59 Å². The summed E-state index contributed by atoms with van der Waals surface area (Å²) in [4.78, 5) is 23.0. The Bertz CT molecular complexity index is 439. The van der Waals surface area contributed by atoms with E-state index in [0.717, 1.165) is 0 Å². The average molecular weight is 204 g/mol. The lowest BCUT2D eigenvalue weighted by Crippen LogP contribution is -2.25. The summed E-state index contributed by atoms with van der Waals surface area (Å²) < 4.78 is 9.93. The van der Waals surface area contributed by atoms with E-state index >= 15 is 0 Å². The van der Waals surface area contributed by atoms with Crippen molar-refractivity contribution < 1.29 is 19.1 Å². The number of epoxide rings is 1. The number of ether oxygens (including phenoxy) is 2. The Kier molecular flexibility index (Phi) is 1.53. The molecule has 76 valence electrons. The van der Waals surface area contributed by atoms with Crippen molar-refractivity contribution in [3.8, 4) is 0 Å². The van der Waals surface area contributed by atoms with Crippen LogP contribution in [0.2, 0.25) is 0 Å². The first kappa shape index (κ1) is 8.61. The van der Waals surface area contributed by atoms with E-state index in [4.69, 9.17) is 9.47 Å². The second-order valence-corrected chi connectivity index (χ2v) is 3.70. The van der Waals surface area contributed by atoms with E-state index in [0.29, 0.717) is 5.56 Å². The van der Waals surface area contributed by atoms with E-state index < -0.39 is 11.9 Å². The molecular formula is C11H8O4. The largest absolute Gasteiger partial charge is 0.432 e. The smallest absolute Gasteiger partial charge is 0.311 e. The molecule has 0 bridgehead atoms. The minimum atomic E-state index is -1.02. The maximum Gasteiger partial charge on any atom is 0.311 e. The number of carbonyl (C=O) groups is 2. The van der Waals surface area contributed by atoms with Crippen molar-refractivity contribution in [3.63, 3.8) is 0 Å². The summed E-state index contributed by atoms with van der Waals surface area (Å²) in [5.41, 5.74) is -0.461. The number of Topliss-reactive ketones (excluding diaryl/α,β-unsaturated/α-hetero) is 1. The van der Waals surface area contributed by atoms with Crippen molar-refractivity contribution in [3.05, 3.63) is 35.9 Å². The van der Waals surface area contributed by atoms with Crippen LogP contribution >= 0.6 is 0 Å². The van der Waals surface area contributed by atoms with Gasteiger partial charge in [-0.2, -0.15) is 0 Å². The molecule has 4 nitrogen and oxygen atoms in total. The molecule has 2 atom stereocenters. The molecule has 0 radical (unpaired) electrons. The summed E-state index contributed by atoms with van der Waals surface area (Å²) in [6.07, 6.45) is -0.622. The van der Waals surface area contributed by atoms with Gasteiger partial charge < -0.3 is 9.47 Å². The van der Waals surface area contributed by atoms with Gasteiger partial charge in [-0.05, 0) is 0 Å². The Morgan fingerprint density at radius 2 is 2.07 bits per heavy atom. The molecule has 0 aliphatic carbocycles. The normalized spacial score (nSPS) is 32.0. The zero-order chi connectivity index (χ0) is 10.5. The maximum absolute atomic E-state index is 12.0. The average Bonchev–Trinajstić information content (AvgIpc) is 2.83. The van der Waals surface area contributed by atoms with Crippen molar-refractivity contribution in [2.75, 3.05) is 0 Å². The number of rotatable bonds is 2. The zero-order valence-corrected chi connectivity index (χ0v) is 7.80. The van der Waals surface area contributed by atoms with E-state index in [1.807, 2.05) is 6.07 Å². The highest BCUT2D eigenvalue weighted by Crippen LogP contribution is 2.48. The fourth-order valence-electron chi connectivity index (χ4n) is 1.85. The highest BCUT2D eigenvalue weighted by Gasteiger charge is 2.70. The van der Waals surface area contributed by atoms with Crippen LogP contribution in [0.5, 0.6) is 0 Å². The lowest BCUT2D eigenvalue weighted by Gasteiger charge is -2.03. The molecular weight excluding hydrogens is 196 g/mol. The lowest BCUT2D eigenvalue weighted by atomic mass is 9.96. The SMILES string of the molecule is O=C1CC2(C(=O)c3ccccc3)OC2O1. The van der Waals surface area contributed by atoms with Crippen molar-refractivity contribution >= 4 is 11.8 Å². The Morgan fingerprint density at radius 1 is 1.33 bits per heavy atom. The lowest BCUT2D eigenvalue weighted by molar-refractivity contribution is -0.147. The number of benzene rings is 1. The predicted octanol–water partition coefficient (Wildman–Crippen LogP) is 0.911. The molecule has 2 unspecified atom stereocenters. The number of esters is 1. The van der Waals surface area contributed by atoms with Crippen molar-refractivity contribution in [1.29, 1.82) is 0 Å². The third-order valence-corrected chi connectivity index (χ3v) is 2.71. The predicted molar refractivity (Wildman–Crippen MR) is 49.1 cm³/mol. The van der Waals surface area contributed by atoms with Crippen LogP contribution in [0.4, 0.5) is 0 Å². The minimum absolute atomic E-state index is 0.0331. The molecule has 0 amide bonds. The van der Waals surface area contributed by atoms with Crippen LogP contribution < -0.4 is 0 Å². The van der Waals surface area contributed by atoms with Gasteiger partial charge in [0, 0.05) is 5.56 Å². The van der Waals surface area contributed by atoms with Gasteiger partial charge in [-0.1, -0.05) is 30.3 Å². The van der Waals surface area contributed by atoms with E-state index in [1.54, 1.807) is 24.3 Å². The third kappa shape index (κ3) is 1.11. The Hall–Kier alpha value is -1.68. The van der Waals surface area contributed by atoms with Gasteiger partial charge >= 0.3 is 5.97 Å². The number of carbonyl (C=O) groups excluding carboxylic acids is 2. The molecule has 2 aliphatic rings. The molecule has 0 saturated carbocycles. The van der Waals surface area contributed by atoms with E-state index in [9.17, 15) is 9.59 Å². The summed E-state index contributed by atoms with van der Waals surface area (Å²) >= 11 is 0. The van der Waals surface area contributed by atoms with Crippen LogP contribution in [0.3, 0.4) is 0 Å². The molecule has 2 heterocycles. The first-order chi connectivity index (χ1) is 7.22. The maximum atomic E-state index is 12.0. The van der Waals surface area contributed by atoms with Crippen LogP contribution in [-0.2, 0) is 14.3 Å². The second-order valence-electron chi connectivity index (χ2n) is 3.70. The fraction of sp³-hybridized carbons (Fsp3) is 0.273. The summed E-state index contributed by atoms with van der Waals surface area (Å²) in [5, 5.41) is 0. The molecule has 0 aromatic heterocycles. The number of hydrogen-bond acceptors (Lipinski definition) is 4. The fourth-order valence-corrected chi connectivity index (χ4v) is 1.85. The zero-order valence-electron chi connectivity index (χ0n) is 7.80. The van der Waals surface area contributed by atoms with Crippen LogP contribution in [0, 0.1) is 0 Å². The van der Waals surface area contributed by atoms with Crippen molar-refractivity contribution in [2.24, 2.45) is 0 Å². The highest BCUT2D eigenvalue weighted by molar-refractivity contribution is 6.07. The highest BCUT2D eigenvalue weighted by atomic mass is 16.8. The monoisotopic (exact) mass is 204 g/mol. The molecule has 2 aliphatic heterocycles. The van der Waals surface area contributed by atoms with Gasteiger partial charge in [0.2, 0.25) is 17.7 Å². The van der Waals surface area contributed by atoms with Crippen LogP contribution in [0.25, 0.3) is 0 Å². The number of hydrogen-bond donors (Lipinski definition) is 0. The quantitative estimate of drug-likeness (QED) is 0.408.